The molecule has 0 aliphatic heterocycles. The molecule has 0 aliphatic carbocycles. The smallest absolute Gasteiger partial charge is 0.0670 e. The highest BCUT2D eigenvalue weighted by molar-refractivity contribution is 7.98. The Morgan fingerprint density at radius 3 is 2.61 bits per heavy atom. The van der Waals surface area contributed by atoms with E-state index in [9.17, 15) is 0 Å². The van der Waals surface area contributed by atoms with Crippen molar-refractivity contribution in [2.75, 3.05) is 19.1 Å². The molecule has 0 aliphatic rings. The molecule has 4 heteroatoms. The summed E-state index contributed by atoms with van der Waals surface area (Å²) in [6, 6.07) is 6.79. The fraction of sp³-hybridized carbons (Fsp3) is 0.643. The predicted molar refractivity (Wildman–Crippen MR) is 80.9 cm³/mol. The van der Waals surface area contributed by atoms with Crippen molar-refractivity contribution in [1.29, 1.82) is 0 Å². The first kappa shape index (κ1) is 15.5. The highest BCUT2D eigenvalue weighted by atomic mass is 32.2. The zero-order valence-electron chi connectivity index (χ0n) is 11.8. The molecule has 102 valence electrons. The van der Waals surface area contributed by atoms with Gasteiger partial charge in [-0.2, -0.15) is 11.8 Å². The molecule has 0 amide bonds. The monoisotopic (exact) mass is 267 g/mol. The second-order valence-electron chi connectivity index (χ2n) is 4.85. The molecule has 0 spiro atoms. The fourth-order valence-corrected chi connectivity index (χ4v) is 2.74. The molecule has 3 nitrogen and oxygen atoms in total. The number of hydrogen-bond acceptors (Lipinski definition) is 4. The van der Waals surface area contributed by atoms with E-state index in [1.54, 1.807) is 0 Å². The molecule has 0 fully saturated rings. The SMILES string of the molecule is CSCCC(C)N(C)C(c1ccccn1)C(C)N. The second-order valence-corrected chi connectivity index (χ2v) is 5.84. The number of rotatable bonds is 7. The van der Waals surface area contributed by atoms with Gasteiger partial charge in [0.25, 0.3) is 0 Å². The first-order valence-electron chi connectivity index (χ1n) is 6.45. The lowest BCUT2D eigenvalue weighted by molar-refractivity contribution is 0.159. The minimum atomic E-state index is 0.0710. The summed E-state index contributed by atoms with van der Waals surface area (Å²) in [5.74, 6) is 1.18. The number of aromatic nitrogens is 1. The van der Waals surface area contributed by atoms with E-state index in [0.29, 0.717) is 6.04 Å². The first-order chi connectivity index (χ1) is 8.57. The van der Waals surface area contributed by atoms with Crippen LogP contribution in [0.2, 0.25) is 0 Å². The molecule has 0 saturated carbocycles. The van der Waals surface area contributed by atoms with Crippen molar-refractivity contribution in [2.24, 2.45) is 5.73 Å². The van der Waals surface area contributed by atoms with E-state index in [1.807, 2.05) is 30.1 Å². The van der Waals surface area contributed by atoms with Gasteiger partial charge in [0, 0.05) is 18.3 Å². The van der Waals surface area contributed by atoms with Crippen LogP contribution >= 0.6 is 11.8 Å². The van der Waals surface area contributed by atoms with Crippen molar-refractivity contribution in [3.05, 3.63) is 30.1 Å². The summed E-state index contributed by atoms with van der Waals surface area (Å²) in [6.07, 6.45) is 5.16. The van der Waals surface area contributed by atoms with Crippen molar-refractivity contribution in [1.82, 2.24) is 9.88 Å². The lowest BCUT2D eigenvalue weighted by Crippen LogP contribution is -2.42. The van der Waals surface area contributed by atoms with Crippen LogP contribution in [0.5, 0.6) is 0 Å². The van der Waals surface area contributed by atoms with Crippen molar-refractivity contribution >= 4 is 11.8 Å². The number of likely N-dealkylation sites (N-methyl/N-ethyl adjacent to an activating group) is 1. The molecule has 0 bridgehead atoms. The molecule has 3 unspecified atom stereocenters. The van der Waals surface area contributed by atoms with Gasteiger partial charge in [0.05, 0.1) is 11.7 Å². The van der Waals surface area contributed by atoms with E-state index < -0.39 is 0 Å². The standard InChI is InChI=1S/C14H25N3S/c1-11(8-10-18-4)17(3)14(12(2)15)13-7-5-6-9-16-13/h5-7,9,11-12,14H,8,10,15H2,1-4H3. The Morgan fingerprint density at radius 1 is 1.39 bits per heavy atom. The maximum absolute atomic E-state index is 6.15. The second kappa shape index (κ2) is 7.77. The Kier molecular flexibility index (Phi) is 6.68. The Balaban J connectivity index is 2.79. The maximum atomic E-state index is 6.15. The van der Waals surface area contributed by atoms with Gasteiger partial charge >= 0.3 is 0 Å². The van der Waals surface area contributed by atoms with E-state index >= 15 is 0 Å². The van der Waals surface area contributed by atoms with E-state index in [4.69, 9.17) is 5.73 Å². The van der Waals surface area contributed by atoms with E-state index in [1.165, 1.54) is 12.2 Å². The number of nitrogens with two attached hydrogens (primary N) is 1. The van der Waals surface area contributed by atoms with Gasteiger partial charge in [0.1, 0.15) is 0 Å². The van der Waals surface area contributed by atoms with Crippen molar-refractivity contribution < 1.29 is 0 Å². The third-order valence-electron chi connectivity index (χ3n) is 3.36. The van der Waals surface area contributed by atoms with Gasteiger partial charge in [-0.15, -0.1) is 0 Å². The minimum absolute atomic E-state index is 0.0710. The Labute approximate surface area is 115 Å². The van der Waals surface area contributed by atoms with Crippen LogP contribution in [0.3, 0.4) is 0 Å². The van der Waals surface area contributed by atoms with Crippen molar-refractivity contribution in [3.63, 3.8) is 0 Å². The highest BCUT2D eigenvalue weighted by Crippen LogP contribution is 2.23. The van der Waals surface area contributed by atoms with Crippen LogP contribution in [0.4, 0.5) is 0 Å². The van der Waals surface area contributed by atoms with Crippen LogP contribution in [0, 0.1) is 0 Å². The summed E-state index contributed by atoms with van der Waals surface area (Å²) in [4.78, 5) is 6.81. The zero-order chi connectivity index (χ0) is 13.5. The van der Waals surface area contributed by atoms with Gasteiger partial charge in [0.15, 0.2) is 0 Å². The number of nitrogens with zero attached hydrogens (tertiary/aromatic N) is 2. The Hall–Kier alpha value is -0.580. The third kappa shape index (κ3) is 4.26. The average molecular weight is 267 g/mol. The van der Waals surface area contributed by atoms with Gasteiger partial charge < -0.3 is 5.73 Å². The quantitative estimate of drug-likeness (QED) is 0.824. The summed E-state index contributed by atoms with van der Waals surface area (Å²) in [6.45, 7) is 4.31. The van der Waals surface area contributed by atoms with Crippen LogP contribution in [0.1, 0.15) is 32.0 Å². The summed E-state index contributed by atoms with van der Waals surface area (Å²) in [5, 5.41) is 0. The van der Waals surface area contributed by atoms with E-state index in [2.05, 4.69) is 43.1 Å². The highest BCUT2D eigenvalue weighted by Gasteiger charge is 2.25. The lowest BCUT2D eigenvalue weighted by Gasteiger charge is -2.35. The van der Waals surface area contributed by atoms with Crippen LogP contribution in [0.25, 0.3) is 0 Å². The fourth-order valence-electron chi connectivity index (χ4n) is 2.17. The molecular weight excluding hydrogens is 242 g/mol. The van der Waals surface area contributed by atoms with E-state index in [0.717, 1.165) is 5.69 Å². The Bertz CT molecular complexity index is 329. The molecular formula is C14H25N3S. The van der Waals surface area contributed by atoms with E-state index in [-0.39, 0.29) is 12.1 Å². The van der Waals surface area contributed by atoms with Crippen LogP contribution in [-0.4, -0.2) is 41.0 Å². The number of pyridine rings is 1. The lowest BCUT2D eigenvalue weighted by atomic mass is 10.0. The Morgan fingerprint density at radius 2 is 2.11 bits per heavy atom. The largest absolute Gasteiger partial charge is 0.326 e. The first-order valence-corrected chi connectivity index (χ1v) is 7.84. The molecule has 18 heavy (non-hydrogen) atoms. The summed E-state index contributed by atoms with van der Waals surface area (Å²) >= 11 is 1.89. The van der Waals surface area contributed by atoms with Gasteiger partial charge in [-0.3, -0.25) is 9.88 Å². The van der Waals surface area contributed by atoms with Gasteiger partial charge in [-0.25, -0.2) is 0 Å². The molecule has 1 heterocycles. The minimum Gasteiger partial charge on any atom is -0.326 e. The summed E-state index contributed by atoms with van der Waals surface area (Å²) in [7, 11) is 2.15. The van der Waals surface area contributed by atoms with Gasteiger partial charge in [0.2, 0.25) is 0 Å². The van der Waals surface area contributed by atoms with Crippen LogP contribution in [0.15, 0.2) is 24.4 Å². The summed E-state index contributed by atoms with van der Waals surface area (Å²) < 4.78 is 0. The van der Waals surface area contributed by atoms with Crippen LogP contribution in [-0.2, 0) is 0 Å². The zero-order valence-corrected chi connectivity index (χ0v) is 12.7. The number of thioether (sulfide) groups is 1. The predicted octanol–water partition coefficient (Wildman–Crippen LogP) is 2.54. The van der Waals surface area contributed by atoms with Crippen LogP contribution < -0.4 is 5.73 Å². The van der Waals surface area contributed by atoms with Gasteiger partial charge in [-0.05, 0) is 51.5 Å². The van der Waals surface area contributed by atoms with Crippen molar-refractivity contribution in [3.8, 4) is 0 Å². The molecule has 1 rings (SSSR count). The molecule has 3 atom stereocenters. The molecule has 0 radical (unpaired) electrons. The topological polar surface area (TPSA) is 42.2 Å². The molecule has 0 saturated heterocycles. The third-order valence-corrected chi connectivity index (χ3v) is 4.01. The maximum Gasteiger partial charge on any atom is 0.0670 e. The molecule has 1 aromatic heterocycles. The molecule has 1 aromatic rings. The normalized spacial score (nSPS) is 16.6. The van der Waals surface area contributed by atoms with Crippen molar-refractivity contribution in [2.45, 2.75) is 38.4 Å². The molecule has 2 N–H and O–H groups in total. The van der Waals surface area contributed by atoms with Gasteiger partial charge in [-0.1, -0.05) is 6.07 Å². The summed E-state index contributed by atoms with van der Waals surface area (Å²) in [5.41, 5.74) is 7.21. The number of hydrogen-bond donors (Lipinski definition) is 1. The molecule has 0 aromatic carbocycles. The average Bonchev–Trinajstić information content (AvgIpc) is 2.36.